The molecule has 1 atom stereocenters. The number of hydrogen-bond acceptors (Lipinski definition) is 4. The highest BCUT2D eigenvalue weighted by molar-refractivity contribution is 7.89. The van der Waals surface area contributed by atoms with Gasteiger partial charge in [0.2, 0.25) is 10.0 Å². The van der Waals surface area contributed by atoms with E-state index in [9.17, 15) is 17.2 Å². The Hall–Kier alpha value is -1.84. The molecule has 0 aliphatic carbocycles. The van der Waals surface area contributed by atoms with Crippen LogP contribution in [-0.2, 0) is 21.3 Å². The van der Waals surface area contributed by atoms with Gasteiger partial charge in [0.15, 0.2) is 0 Å². The van der Waals surface area contributed by atoms with Gasteiger partial charge in [-0.1, -0.05) is 29.8 Å². The van der Waals surface area contributed by atoms with Crippen molar-refractivity contribution in [3.05, 3.63) is 47.3 Å². The number of benzene rings is 1. The van der Waals surface area contributed by atoms with Gasteiger partial charge in [-0.25, -0.2) is 13.1 Å². The van der Waals surface area contributed by atoms with Crippen LogP contribution in [0, 0.1) is 13.8 Å². The lowest BCUT2D eigenvalue weighted by Gasteiger charge is -2.28. The van der Waals surface area contributed by atoms with Crippen LogP contribution < -0.4 is 0 Å². The number of methoxy groups -OCH3 is 1. The SMILES string of the molecule is COC[C@H](C)N(Cc1cccc(C)c1)S(=O)(=O)c1cn(C(F)F)nc1C. The molecule has 0 amide bonds. The molecule has 0 N–H and O–H groups in total. The van der Waals surface area contributed by atoms with Gasteiger partial charge in [0, 0.05) is 19.7 Å². The van der Waals surface area contributed by atoms with Crippen LogP contribution in [-0.4, -0.2) is 42.3 Å². The summed E-state index contributed by atoms with van der Waals surface area (Å²) in [6.07, 6.45) is 0.873. The zero-order valence-electron chi connectivity index (χ0n) is 15.2. The molecule has 6 nitrogen and oxygen atoms in total. The van der Waals surface area contributed by atoms with E-state index >= 15 is 0 Å². The van der Waals surface area contributed by atoms with E-state index in [1.54, 1.807) is 6.92 Å². The fourth-order valence-electron chi connectivity index (χ4n) is 2.74. The molecule has 9 heteroatoms. The van der Waals surface area contributed by atoms with Gasteiger partial charge in [0.1, 0.15) is 4.90 Å². The minimum Gasteiger partial charge on any atom is -0.383 e. The predicted octanol–water partition coefficient (Wildman–Crippen LogP) is 3.12. The minimum absolute atomic E-state index is 0.0316. The number of halogens is 2. The molecule has 0 fully saturated rings. The molecule has 144 valence electrons. The van der Waals surface area contributed by atoms with Crippen LogP contribution in [0.1, 0.15) is 30.3 Å². The Labute approximate surface area is 152 Å². The number of hydrogen-bond donors (Lipinski definition) is 0. The summed E-state index contributed by atoms with van der Waals surface area (Å²) < 4.78 is 58.8. The second-order valence-corrected chi connectivity index (χ2v) is 8.04. The zero-order chi connectivity index (χ0) is 19.5. The number of aromatic nitrogens is 2. The molecule has 1 aromatic carbocycles. The monoisotopic (exact) mass is 387 g/mol. The van der Waals surface area contributed by atoms with Crippen LogP contribution in [0.5, 0.6) is 0 Å². The van der Waals surface area contributed by atoms with Crippen molar-refractivity contribution in [3.8, 4) is 0 Å². The Morgan fingerprint density at radius 1 is 1.31 bits per heavy atom. The lowest BCUT2D eigenvalue weighted by Crippen LogP contribution is -2.40. The first-order chi connectivity index (χ1) is 12.2. The summed E-state index contributed by atoms with van der Waals surface area (Å²) in [4.78, 5) is -0.228. The summed E-state index contributed by atoms with van der Waals surface area (Å²) in [5, 5.41) is 3.61. The number of ether oxygens (including phenoxy) is 1. The maximum Gasteiger partial charge on any atom is 0.333 e. The minimum atomic E-state index is -4.04. The Morgan fingerprint density at radius 2 is 2.00 bits per heavy atom. The van der Waals surface area contributed by atoms with Gasteiger partial charge in [0.25, 0.3) is 0 Å². The standard InChI is InChI=1S/C17H23F2N3O3S/c1-12-6-5-7-15(8-12)9-22(13(2)11-25-4)26(23,24)16-10-21(17(18)19)20-14(16)3/h5-8,10,13,17H,9,11H2,1-4H3/t13-/m0/s1. The van der Waals surface area contributed by atoms with E-state index in [4.69, 9.17) is 4.74 Å². The van der Waals surface area contributed by atoms with Gasteiger partial charge >= 0.3 is 6.55 Å². The molecule has 0 bridgehead atoms. The Balaban J connectivity index is 2.46. The molecule has 0 saturated carbocycles. The summed E-state index contributed by atoms with van der Waals surface area (Å²) >= 11 is 0. The predicted molar refractivity (Wildman–Crippen MR) is 93.5 cm³/mol. The molecule has 0 unspecified atom stereocenters. The lowest BCUT2D eigenvalue weighted by molar-refractivity contribution is 0.0561. The smallest absolute Gasteiger partial charge is 0.333 e. The van der Waals surface area contributed by atoms with E-state index in [2.05, 4.69) is 5.10 Å². The fraction of sp³-hybridized carbons (Fsp3) is 0.471. The van der Waals surface area contributed by atoms with E-state index in [1.165, 1.54) is 18.3 Å². The summed E-state index contributed by atoms with van der Waals surface area (Å²) in [5.41, 5.74) is 1.83. The third-order valence-electron chi connectivity index (χ3n) is 3.98. The van der Waals surface area contributed by atoms with Crippen LogP contribution in [0.4, 0.5) is 8.78 Å². The first-order valence-corrected chi connectivity index (χ1v) is 9.51. The van der Waals surface area contributed by atoms with Crippen molar-refractivity contribution in [1.82, 2.24) is 14.1 Å². The maximum atomic E-state index is 13.2. The van der Waals surface area contributed by atoms with Crippen molar-refractivity contribution in [2.24, 2.45) is 0 Å². The molecule has 1 heterocycles. The Bertz CT molecular complexity index is 853. The summed E-state index contributed by atoms with van der Waals surface area (Å²) in [7, 11) is -2.56. The molecular formula is C17H23F2N3O3S. The molecule has 0 spiro atoms. The number of rotatable bonds is 8. The maximum absolute atomic E-state index is 13.2. The van der Waals surface area contributed by atoms with Crippen molar-refractivity contribution in [3.63, 3.8) is 0 Å². The van der Waals surface area contributed by atoms with Crippen molar-refractivity contribution in [1.29, 1.82) is 0 Å². The van der Waals surface area contributed by atoms with Crippen molar-refractivity contribution in [2.75, 3.05) is 13.7 Å². The van der Waals surface area contributed by atoms with Crippen molar-refractivity contribution >= 4 is 10.0 Å². The highest BCUT2D eigenvalue weighted by Gasteiger charge is 2.32. The molecule has 0 aliphatic rings. The van der Waals surface area contributed by atoms with Crippen LogP contribution in [0.15, 0.2) is 35.4 Å². The molecular weight excluding hydrogens is 364 g/mol. The molecule has 0 saturated heterocycles. The molecule has 26 heavy (non-hydrogen) atoms. The topological polar surface area (TPSA) is 64.4 Å². The van der Waals surface area contributed by atoms with E-state index < -0.39 is 22.6 Å². The van der Waals surface area contributed by atoms with E-state index in [0.717, 1.165) is 17.3 Å². The third kappa shape index (κ3) is 4.46. The van der Waals surface area contributed by atoms with Crippen LogP contribution >= 0.6 is 0 Å². The largest absolute Gasteiger partial charge is 0.383 e. The Kier molecular flexibility index (Phi) is 6.48. The summed E-state index contributed by atoms with van der Waals surface area (Å²) in [6.45, 7) is 2.40. The fourth-order valence-corrected chi connectivity index (χ4v) is 4.50. The van der Waals surface area contributed by atoms with Gasteiger partial charge in [-0.2, -0.15) is 18.2 Å². The number of sulfonamides is 1. The van der Waals surface area contributed by atoms with Crippen molar-refractivity contribution in [2.45, 2.75) is 44.8 Å². The second kappa shape index (κ2) is 8.24. The van der Waals surface area contributed by atoms with Gasteiger partial charge in [-0.05, 0) is 26.3 Å². The zero-order valence-corrected chi connectivity index (χ0v) is 16.0. The molecule has 2 rings (SSSR count). The molecule has 0 aliphatic heterocycles. The van der Waals surface area contributed by atoms with Gasteiger partial charge < -0.3 is 4.74 Å². The third-order valence-corrected chi connectivity index (χ3v) is 6.04. The summed E-state index contributed by atoms with van der Waals surface area (Å²) in [6, 6.07) is 6.98. The second-order valence-electron chi connectivity index (χ2n) is 6.18. The quantitative estimate of drug-likeness (QED) is 0.698. The first-order valence-electron chi connectivity index (χ1n) is 8.07. The van der Waals surface area contributed by atoms with Gasteiger partial charge in [-0.15, -0.1) is 0 Å². The highest BCUT2D eigenvalue weighted by atomic mass is 32.2. The number of alkyl halides is 2. The molecule has 1 aromatic heterocycles. The van der Waals surface area contributed by atoms with E-state index in [0.29, 0.717) is 4.68 Å². The normalized spacial score (nSPS) is 13.5. The average molecular weight is 387 g/mol. The summed E-state index contributed by atoms with van der Waals surface area (Å²) in [5.74, 6) is 0. The van der Waals surface area contributed by atoms with E-state index in [1.807, 2.05) is 31.2 Å². The molecule has 2 aromatic rings. The highest BCUT2D eigenvalue weighted by Crippen LogP contribution is 2.25. The average Bonchev–Trinajstić information content (AvgIpc) is 2.96. The number of nitrogens with zero attached hydrogens (tertiary/aromatic N) is 3. The first kappa shape index (κ1) is 20.5. The van der Waals surface area contributed by atoms with Crippen LogP contribution in [0.3, 0.4) is 0 Å². The van der Waals surface area contributed by atoms with Crippen LogP contribution in [0.25, 0.3) is 0 Å². The Morgan fingerprint density at radius 3 is 2.54 bits per heavy atom. The lowest BCUT2D eigenvalue weighted by atomic mass is 10.1. The van der Waals surface area contributed by atoms with Gasteiger partial charge in [0.05, 0.1) is 18.5 Å². The number of aryl methyl sites for hydroxylation is 2. The molecule has 0 radical (unpaired) electrons. The van der Waals surface area contributed by atoms with Crippen molar-refractivity contribution < 1.29 is 21.9 Å². The van der Waals surface area contributed by atoms with Crippen LogP contribution in [0.2, 0.25) is 0 Å². The van der Waals surface area contributed by atoms with Gasteiger partial charge in [-0.3, -0.25) is 0 Å². The van der Waals surface area contributed by atoms with E-state index in [-0.39, 0.29) is 23.7 Å².